The van der Waals surface area contributed by atoms with E-state index in [1.54, 1.807) is 0 Å². The van der Waals surface area contributed by atoms with Gasteiger partial charge in [-0.25, -0.2) is 0 Å². The van der Waals surface area contributed by atoms with E-state index >= 15 is 0 Å². The Hall–Kier alpha value is -0.340. The number of rotatable bonds is 6. The van der Waals surface area contributed by atoms with E-state index < -0.39 is 0 Å². The van der Waals surface area contributed by atoms with Crippen molar-refractivity contribution in [2.75, 3.05) is 19.8 Å². The Bertz CT molecular complexity index is 119. The van der Waals surface area contributed by atoms with Gasteiger partial charge in [-0.1, -0.05) is 12.2 Å². The molecule has 1 rings (SSSR count). The molecule has 64 valence electrons. The van der Waals surface area contributed by atoms with E-state index in [1.807, 2.05) is 19.1 Å². The van der Waals surface area contributed by atoms with Gasteiger partial charge in [-0.15, -0.1) is 0 Å². The highest BCUT2D eigenvalue weighted by Gasteiger charge is 2.19. The van der Waals surface area contributed by atoms with Crippen LogP contribution in [-0.2, 0) is 4.74 Å². The molecule has 0 spiro atoms. The average Bonchev–Trinajstić information content (AvgIpc) is 2.80. The van der Waals surface area contributed by atoms with Crippen LogP contribution in [0.25, 0.3) is 0 Å². The molecule has 11 heavy (non-hydrogen) atoms. The molecule has 0 aliphatic heterocycles. The maximum atomic E-state index is 5.30. The fourth-order valence-corrected chi connectivity index (χ4v) is 0.870. The number of hydrogen-bond donors (Lipinski definition) is 1. The van der Waals surface area contributed by atoms with Crippen molar-refractivity contribution in [2.45, 2.75) is 25.8 Å². The number of nitrogens with one attached hydrogen (secondary N) is 1. The van der Waals surface area contributed by atoms with Crippen LogP contribution in [0.5, 0.6) is 0 Å². The lowest BCUT2D eigenvalue weighted by Crippen LogP contribution is -2.21. The molecule has 0 bridgehead atoms. The molecule has 2 nitrogen and oxygen atoms in total. The van der Waals surface area contributed by atoms with Crippen LogP contribution in [0.4, 0.5) is 0 Å². The van der Waals surface area contributed by atoms with Crippen molar-refractivity contribution in [2.24, 2.45) is 0 Å². The van der Waals surface area contributed by atoms with Crippen LogP contribution in [0.3, 0.4) is 0 Å². The first kappa shape index (κ1) is 8.75. The molecular formula is C9H17NO. The van der Waals surface area contributed by atoms with E-state index in [0.29, 0.717) is 0 Å². The van der Waals surface area contributed by atoms with Crippen molar-refractivity contribution in [1.29, 1.82) is 0 Å². The minimum atomic E-state index is 0.753. The van der Waals surface area contributed by atoms with Crippen LogP contribution in [0.15, 0.2) is 12.2 Å². The van der Waals surface area contributed by atoms with Crippen LogP contribution in [-0.4, -0.2) is 25.8 Å². The zero-order valence-corrected chi connectivity index (χ0v) is 7.18. The van der Waals surface area contributed by atoms with Crippen LogP contribution in [0.2, 0.25) is 0 Å². The van der Waals surface area contributed by atoms with Crippen molar-refractivity contribution < 1.29 is 4.74 Å². The Morgan fingerprint density at radius 1 is 1.55 bits per heavy atom. The van der Waals surface area contributed by atoms with Gasteiger partial charge in [0.15, 0.2) is 0 Å². The van der Waals surface area contributed by atoms with E-state index in [1.165, 1.54) is 12.8 Å². The molecule has 0 atom stereocenters. The molecule has 2 heteroatoms. The first-order valence-electron chi connectivity index (χ1n) is 4.36. The minimum absolute atomic E-state index is 0.753. The summed E-state index contributed by atoms with van der Waals surface area (Å²) in [5.74, 6) is 0. The Balaban J connectivity index is 1.72. The molecule has 1 N–H and O–H groups in total. The molecule has 0 amide bonds. The highest BCUT2D eigenvalue weighted by molar-refractivity contribution is 4.80. The molecule has 1 fully saturated rings. The van der Waals surface area contributed by atoms with Gasteiger partial charge in [-0.3, -0.25) is 0 Å². The van der Waals surface area contributed by atoms with Crippen molar-refractivity contribution in [1.82, 2.24) is 5.32 Å². The van der Waals surface area contributed by atoms with E-state index in [9.17, 15) is 0 Å². The Morgan fingerprint density at radius 2 is 2.36 bits per heavy atom. The van der Waals surface area contributed by atoms with Crippen LogP contribution in [0, 0.1) is 0 Å². The third kappa shape index (κ3) is 4.99. The Labute approximate surface area is 68.6 Å². The summed E-state index contributed by atoms with van der Waals surface area (Å²) in [6, 6.07) is 0.806. The maximum absolute atomic E-state index is 5.30. The molecule has 0 heterocycles. The van der Waals surface area contributed by atoms with Gasteiger partial charge in [0.05, 0.1) is 13.2 Å². The fraction of sp³-hybridized carbons (Fsp3) is 0.778. The molecule has 1 aliphatic carbocycles. The summed E-state index contributed by atoms with van der Waals surface area (Å²) in [6.07, 6.45) is 6.75. The SMILES string of the molecule is CC=CCOCCNC1CC1. The van der Waals surface area contributed by atoms with Crippen molar-refractivity contribution in [3.63, 3.8) is 0 Å². The molecule has 0 saturated heterocycles. The average molecular weight is 155 g/mol. The topological polar surface area (TPSA) is 21.3 Å². The molecule has 0 unspecified atom stereocenters. The second kappa shape index (κ2) is 5.33. The molecule has 0 aromatic carbocycles. The van der Waals surface area contributed by atoms with Crippen molar-refractivity contribution in [3.8, 4) is 0 Å². The first-order chi connectivity index (χ1) is 5.43. The largest absolute Gasteiger partial charge is 0.376 e. The first-order valence-corrected chi connectivity index (χ1v) is 4.36. The maximum Gasteiger partial charge on any atom is 0.0647 e. The van der Waals surface area contributed by atoms with Gasteiger partial charge in [0.2, 0.25) is 0 Å². The van der Waals surface area contributed by atoms with Gasteiger partial charge in [-0.2, -0.15) is 0 Å². The normalized spacial score (nSPS) is 17.9. The third-order valence-electron chi connectivity index (χ3n) is 1.71. The number of ether oxygens (including phenoxy) is 1. The Kier molecular flexibility index (Phi) is 4.24. The predicted molar refractivity (Wildman–Crippen MR) is 46.7 cm³/mol. The zero-order chi connectivity index (χ0) is 7.94. The van der Waals surface area contributed by atoms with Crippen LogP contribution >= 0.6 is 0 Å². The molecule has 1 saturated carbocycles. The smallest absolute Gasteiger partial charge is 0.0647 e. The molecular weight excluding hydrogens is 138 g/mol. The minimum Gasteiger partial charge on any atom is -0.376 e. The lowest BCUT2D eigenvalue weighted by Gasteiger charge is -2.01. The summed E-state index contributed by atoms with van der Waals surface area (Å²) in [5.41, 5.74) is 0. The zero-order valence-electron chi connectivity index (χ0n) is 7.18. The lowest BCUT2D eigenvalue weighted by molar-refractivity contribution is 0.163. The van der Waals surface area contributed by atoms with E-state index in [0.717, 1.165) is 25.8 Å². The van der Waals surface area contributed by atoms with E-state index in [2.05, 4.69) is 5.32 Å². The molecule has 0 radical (unpaired) electrons. The van der Waals surface area contributed by atoms with Crippen molar-refractivity contribution >= 4 is 0 Å². The Morgan fingerprint density at radius 3 is 3.00 bits per heavy atom. The monoisotopic (exact) mass is 155 g/mol. The quantitative estimate of drug-likeness (QED) is 0.461. The summed E-state index contributed by atoms with van der Waals surface area (Å²) in [4.78, 5) is 0. The summed E-state index contributed by atoms with van der Waals surface area (Å²) in [7, 11) is 0. The van der Waals surface area contributed by atoms with E-state index in [-0.39, 0.29) is 0 Å². The number of hydrogen-bond acceptors (Lipinski definition) is 2. The van der Waals surface area contributed by atoms with Crippen LogP contribution in [0.1, 0.15) is 19.8 Å². The van der Waals surface area contributed by atoms with Gasteiger partial charge in [0.25, 0.3) is 0 Å². The summed E-state index contributed by atoms with van der Waals surface area (Å²) < 4.78 is 5.30. The molecule has 0 aromatic rings. The predicted octanol–water partition coefficient (Wildman–Crippen LogP) is 1.33. The summed E-state index contributed by atoms with van der Waals surface area (Å²) in [6.45, 7) is 4.59. The van der Waals surface area contributed by atoms with Crippen molar-refractivity contribution in [3.05, 3.63) is 12.2 Å². The van der Waals surface area contributed by atoms with Gasteiger partial charge < -0.3 is 10.1 Å². The second-order valence-corrected chi connectivity index (χ2v) is 2.87. The van der Waals surface area contributed by atoms with E-state index in [4.69, 9.17) is 4.74 Å². The van der Waals surface area contributed by atoms with Gasteiger partial charge in [-0.05, 0) is 19.8 Å². The third-order valence-corrected chi connectivity index (χ3v) is 1.71. The summed E-state index contributed by atoms with van der Waals surface area (Å²) in [5, 5.41) is 3.38. The van der Waals surface area contributed by atoms with Gasteiger partial charge in [0.1, 0.15) is 0 Å². The molecule has 0 aromatic heterocycles. The second-order valence-electron chi connectivity index (χ2n) is 2.87. The van der Waals surface area contributed by atoms with Crippen LogP contribution < -0.4 is 5.32 Å². The summed E-state index contributed by atoms with van der Waals surface area (Å²) >= 11 is 0. The fourth-order valence-electron chi connectivity index (χ4n) is 0.870. The molecule has 1 aliphatic rings. The lowest BCUT2D eigenvalue weighted by atomic mass is 10.5. The highest BCUT2D eigenvalue weighted by Crippen LogP contribution is 2.17. The highest BCUT2D eigenvalue weighted by atomic mass is 16.5. The number of allylic oxidation sites excluding steroid dienone is 1. The van der Waals surface area contributed by atoms with Gasteiger partial charge in [0, 0.05) is 12.6 Å². The van der Waals surface area contributed by atoms with Gasteiger partial charge >= 0.3 is 0 Å². The standard InChI is InChI=1S/C9H17NO/c1-2-3-7-11-8-6-10-9-4-5-9/h2-3,9-10H,4-8H2,1H3.